The summed E-state index contributed by atoms with van der Waals surface area (Å²) in [7, 11) is 0. The second-order valence-electron chi connectivity index (χ2n) is 4.02. The Labute approximate surface area is 80.4 Å². The van der Waals surface area contributed by atoms with Crippen molar-refractivity contribution in [2.45, 2.75) is 52.7 Å². The molecule has 0 aromatic heterocycles. The van der Waals surface area contributed by atoms with Crippen molar-refractivity contribution in [3.63, 3.8) is 0 Å². The van der Waals surface area contributed by atoms with Gasteiger partial charge in [-0.1, -0.05) is 0 Å². The Bertz CT molecular complexity index is 162. The van der Waals surface area contributed by atoms with Crippen LogP contribution in [0.5, 0.6) is 0 Å². The lowest BCUT2D eigenvalue weighted by Gasteiger charge is -2.27. The highest BCUT2D eigenvalue weighted by atomic mass is 16.5. The first-order valence-corrected chi connectivity index (χ1v) is 4.65. The van der Waals surface area contributed by atoms with Gasteiger partial charge in [-0.05, 0) is 27.7 Å². The Morgan fingerprint density at radius 3 is 2.31 bits per heavy atom. The van der Waals surface area contributed by atoms with E-state index in [1.54, 1.807) is 0 Å². The van der Waals surface area contributed by atoms with Crippen molar-refractivity contribution >= 4 is 5.97 Å². The molecule has 0 bridgehead atoms. The number of carbonyl (C=O) groups excluding carboxylic acids is 1. The molecule has 0 aromatic carbocycles. The Morgan fingerprint density at radius 2 is 1.92 bits per heavy atom. The van der Waals surface area contributed by atoms with Crippen LogP contribution in [0.4, 0.5) is 0 Å². The summed E-state index contributed by atoms with van der Waals surface area (Å²) < 4.78 is 10.5. The summed E-state index contributed by atoms with van der Waals surface area (Å²) in [6.07, 6.45) is 0.928. The van der Waals surface area contributed by atoms with E-state index in [1.165, 1.54) is 6.92 Å². The van der Waals surface area contributed by atoms with E-state index in [1.807, 2.05) is 27.7 Å². The van der Waals surface area contributed by atoms with Crippen molar-refractivity contribution in [1.82, 2.24) is 0 Å². The van der Waals surface area contributed by atoms with E-state index in [4.69, 9.17) is 9.47 Å². The van der Waals surface area contributed by atoms with Crippen LogP contribution in [-0.4, -0.2) is 24.3 Å². The van der Waals surface area contributed by atoms with E-state index in [0.29, 0.717) is 6.61 Å². The van der Waals surface area contributed by atoms with Gasteiger partial charge in [0.15, 0.2) is 0 Å². The molecule has 0 atom stereocenters. The van der Waals surface area contributed by atoms with Gasteiger partial charge in [0.05, 0.1) is 18.3 Å². The van der Waals surface area contributed by atoms with Crippen LogP contribution in [0.1, 0.15) is 41.0 Å². The molecule has 0 aliphatic carbocycles. The Morgan fingerprint density at radius 1 is 1.38 bits per heavy atom. The molecule has 78 valence electrons. The van der Waals surface area contributed by atoms with Crippen molar-refractivity contribution < 1.29 is 14.3 Å². The number of rotatable bonds is 5. The topological polar surface area (TPSA) is 35.5 Å². The molecule has 3 nitrogen and oxygen atoms in total. The van der Waals surface area contributed by atoms with Crippen molar-refractivity contribution in [1.29, 1.82) is 0 Å². The lowest BCUT2D eigenvalue weighted by Crippen LogP contribution is -2.29. The van der Waals surface area contributed by atoms with E-state index in [9.17, 15) is 4.79 Å². The minimum atomic E-state index is -0.236. The minimum absolute atomic E-state index is 0.201. The molecule has 0 rings (SSSR count). The van der Waals surface area contributed by atoms with Crippen LogP contribution in [0.15, 0.2) is 0 Å². The van der Waals surface area contributed by atoms with Crippen LogP contribution in [0.25, 0.3) is 0 Å². The van der Waals surface area contributed by atoms with Gasteiger partial charge in [-0.15, -0.1) is 0 Å². The lowest BCUT2D eigenvalue weighted by molar-refractivity contribution is -0.143. The standard InChI is InChI=1S/C10H20O3/c1-8(2)13-10(4,5)6-7-12-9(3)11/h8H,6-7H2,1-5H3. The van der Waals surface area contributed by atoms with Crippen LogP contribution in [-0.2, 0) is 14.3 Å². The molecular weight excluding hydrogens is 168 g/mol. The quantitative estimate of drug-likeness (QED) is 0.620. The zero-order valence-corrected chi connectivity index (χ0v) is 9.22. The monoisotopic (exact) mass is 188 g/mol. The van der Waals surface area contributed by atoms with Gasteiger partial charge in [0.2, 0.25) is 0 Å². The van der Waals surface area contributed by atoms with E-state index in [-0.39, 0.29) is 17.7 Å². The van der Waals surface area contributed by atoms with Gasteiger partial charge in [0, 0.05) is 13.3 Å². The molecular formula is C10H20O3. The van der Waals surface area contributed by atoms with Crippen molar-refractivity contribution in [3.8, 4) is 0 Å². The fraction of sp³-hybridized carbons (Fsp3) is 0.900. The molecule has 0 unspecified atom stereocenters. The highest BCUT2D eigenvalue weighted by Gasteiger charge is 2.19. The van der Waals surface area contributed by atoms with Crippen molar-refractivity contribution in [2.75, 3.05) is 6.61 Å². The van der Waals surface area contributed by atoms with Gasteiger partial charge >= 0.3 is 5.97 Å². The zero-order valence-electron chi connectivity index (χ0n) is 9.22. The van der Waals surface area contributed by atoms with Gasteiger partial charge in [-0.25, -0.2) is 0 Å². The number of esters is 1. The van der Waals surface area contributed by atoms with Crippen LogP contribution in [0, 0.1) is 0 Å². The third-order valence-electron chi connectivity index (χ3n) is 1.56. The average molecular weight is 188 g/mol. The summed E-state index contributed by atoms with van der Waals surface area (Å²) in [5.41, 5.74) is -0.219. The lowest BCUT2D eigenvalue weighted by atomic mass is 10.1. The Hall–Kier alpha value is -0.570. The fourth-order valence-electron chi connectivity index (χ4n) is 1.14. The highest BCUT2D eigenvalue weighted by molar-refractivity contribution is 5.65. The first-order chi connectivity index (χ1) is 5.83. The molecule has 0 amide bonds. The number of ether oxygens (including phenoxy) is 2. The molecule has 0 N–H and O–H groups in total. The zero-order chi connectivity index (χ0) is 10.5. The largest absolute Gasteiger partial charge is 0.466 e. The molecule has 13 heavy (non-hydrogen) atoms. The summed E-state index contributed by atoms with van der Waals surface area (Å²) in [5.74, 6) is -0.236. The van der Waals surface area contributed by atoms with E-state index >= 15 is 0 Å². The summed E-state index contributed by atoms with van der Waals surface area (Å²) in [6, 6.07) is 0. The average Bonchev–Trinajstić information content (AvgIpc) is 1.81. The maximum atomic E-state index is 10.5. The Balaban J connectivity index is 3.68. The molecule has 0 aromatic rings. The molecule has 0 fully saturated rings. The predicted octanol–water partition coefficient (Wildman–Crippen LogP) is 2.14. The highest BCUT2D eigenvalue weighted by Crippen LogP contribution is 2.16. The molecule has 0 aliphatic heterocycles. The van der Waals surface area contributed by atoms with Gasteiger partial charge < -0.3 is 9.47 Å². The summed E-state index contributed by atoms with van der Waals surface area (Å²) in [4.78, 5) is 10.5. The van der Waals surface area contributed by atoms with Gasteiger partial charge in [0.25, 0.3) is 0 Å². The first-order valence-electron chi connectivity index (χ1n) is 4.65. The summed E-state index contributed by atoms with van der Waals surface area (Å²) in [5, 5.41) is 0. The SMILES string of the molecule is CC(=O)OCCC(C)(C)OC(C)C. The third-order valence-corrected chi connectivity index (χ3v) is 1.56. The molecule has 0 saturated carbocycles. The Kier molecular flexibility index (Phi) is 4.99. The first kappa shape index (κ1) is 12.4. The van der Waals surface area contributed by atoms with E-state index in [2.05, 4.69) is 0 Å². The second-order valence-corrected chi connectivity index (χ2v) is 4.02. The van der Waals surface area contributed by atoms with Crippen LogP contribution < -0.4 is 0 Å². The number of hydrogen-bond acceptors (Lipinski definition) is 3. The van der Waals surface area contributed by atoms with Crippen molar-refractivity contribution in [2.24, 2.45) is 0 Å². The minimum Gasteiger partial charge on any atom is -0.466 e. The van der Waals surface area contributed by atoms with Crippen LogP contribution >= 0.6 is 0 Å². The second kappa shape index (κ2) is 5.22. The van der Waals surface area contributed by atoms with Gasteiger partial charge in [0.1, 0.15) is 0 Å². The van der Waals surface area contributed by atoms with Crippen LogP contribution in [0.2, 0.25) is 0 Å². The maximum Gasteiger partial charge on any atom is 0.302 e. The smallest absolute Gasteiger partial charge is 0.302 e. The molecule has 0 aliphatic rings. The van der Waals surface area contributed by atoms with E-state index < -0.39 is 0 Å². The molecule has 0 saturated heterocycles. The van der Waals surface area contributed by atoms with Crippen LogP contribution in [0.3, 0.4) is 0 Å². The fourth-order valence-corrected chi connectivity index (χ4v) is 1.14. The van der Waals surface area contributed by atoms with E-state index in [0.717, 1.165) is 6.42 Å². The third kappa shape index (κ3) is 7.78. The predicted molar refractivity (Wildman–Crippen MR) is 51.6 cm³/mol. The normalized spacial score (nSPS) is 11.8. The van der Waals surface area contributed by atoms with Gasteiger partial charge in [-0.3, -0.25) is 4.79 Å². The molecule has 0 radical (unpaired) electrons. The van der Waals surface area contributed by atoms with Gasteiger partial charge in [-0.2, -0.15) is 0 Å². The molecule has 0 heterocycles. The maximum absolute atomic E-state index is 10.5. The summed E-state index contributed by atoms with van der Waals surface area (Å²) >= 11 is 0. The number of hydrogen-bond donors (Lipinski definition) is 0. The molecule has 0 spiro atoms. The molecule has 3 heteroatoms. The summed E-state index contributed by atoms with van der Waals surface area (Å²) in [6.45, 7) is 9.82. The number of carbonyl (C=O) groups is 1. The van der Waals surface area contributed by atoms with Crippen molar-refractivity contribution in [3.05, 3.63) is 0 Å².